The highest BCUT2D eigenvalue weighted by atomic mass is 16.5. The number of hydrogen-bond acceptors (Lipinski definition) is 5. The number of nitrogens with zero attached hydrogens (tertiary/aromatic N) is 3. The van der Waals surface area contributed by atoms with E-state index in [1.165, 1.54) is 26.1 Å². The minimum absolute atomic E-state index is 0.780. The van der Waals surface area contributed by atoms with Gasteiger partial charge in [0.25, 0.3) is 0 Å². The van der Waals surface area contributed by atoms with Crippen molar-refractivity contribution >= 4 is 0 Å². The summed E-state index contributed by atoms with van der Waals surface area (Å²) in [6, 6.07) is 0. The predicted octanol–water partition coefficient (Wildman–Crippen LogP) is 1.06. The molecule has 0 aromatic carbocycles. The van der Waals surface area contributed by atoms with Crippen LogP contribution in [0.15, 0.2) is 4.52 Å². The highest BCUT2D eigenvalue weighted by Crippen LogP contribution is 2.27. The molecule has 100 valence electrons. The van der Waals surface area contributed by atoms with Gasteiger partial charge in [-0.05, 0) is 44.3 Å². The number of aryl methyl sites for hydroxylation is 1. The van der Waals surface area contributed by atoms with Gasteiger partial charge in [-0.2, -0.15) is 4.98 Å². The van der Waals surface area contributed by atoms with Crippen molar-refractivity contribution in [1.29, 1.82) is 0 Å². The third kappa shape index (κ3) is 2.57. The second-order valence-corrected chi connectivity index (χ2v) is 5.56. The number of fused-ring (bicyclic) bond motifs is 1. The molecule has 0 saturated carbocycles. The van der Waals surface area contributed by atoms with Crippen molar-refractivity contribution in [3.05, 3.63) is 11.7 Å². The SMILES string of the molecule is CCCc1noc(CN2CCC3CNCC3C2)n1. The summed E-state index contributed by atoms with van der Waals surface area (Å²) in [7, 11) is 0. The van der Waals surface area contributed by atoms with E-state index < -0.39 is 0 Å². The molecule has 2 unspecified atom stereocenters. The molecule has 18 heavy (non-hydrogen) atoms. The van der Waals surface area contributed by atoms with Crippen LogP contribution in [0.2, 0.25) is 0 Å². The smallest absolute Gasteiger partial charge is 0.240 e. The zero-order valence-corrected chi connectivity index (χ0v) is 11.1. The van der Waals surface area contributed by atoms with Crippen LogP contribution in [0.5, 0.6) is 0 Å². The molecule has 1 aromatic rings. The molecule has 0 aliphatic carbocycles. The zero-order valence-electron chi connectivity index (χ0n) is 11.1. The molecule has 0 radical (unpaired) electrons. The Bertz CT molecular complexity index is 392. The fourth-order valence-electron chi connectivity index (χ4n) is 3.12. The van der Waals surface area contributed by atoms with Crippen molar-refractivity contribution in [1.82, 2.24) is 20.4 Å². The molecule has 2 aliphatic heterocycles. The summed E-state index contributed by atoms with van der Waals surface area (Å²) >= 11 is 0. The minimum Gasteiger partial charge on any atom is -0.338 e. The number of hydrogen-bond donors (Lipinski definition) is 1. The largest absolute Gasteiger partial charge is 0.338 e. The number of likely N-dealkylation sites (tertiary alicyclic amines) is 1. The Morgan fingerprint density at radius 1 is 1.39 bits per heavy atom. The summed E-state index contributed by atoms with van der Waals surface area (Å²) in [6.07, 6.45) is 3.28. The zero-order chi connectivity index (χ0) is 12.4. The van der Waals surface area contributed by atoms with Gasteiger partial charge in [0.2, 0.25) is 5.89 Å². The summed E-state index contributed by atoms with van der Waals surface area (Å²) < 4.78 is 5.31. The van der Waals surface area contributed by atoms with Crippen molar-refractivity contribution in [2.45, 2.75) is 32.7 Å². The molecule has 3 heterocycles. The summed E-state index contributed by atoms with van der Waals surface area (Å²) in [5, 5.41) is 7.50. The van der Waals surface area contributed by atoms with Crippen molar-refractivity contribution < 1.29 is 4.52 Å². The maximum absolute atomic E-state index is 5.31. The standard InChI is InChI=1S/C13H22N4O/c1-2-3-12-15-13(18-16-12)9-17-5-4-10-6-14-7-11(10)8-17/h10-11,14H,2-9H2,1H3. The molecule has 5 nitrogen and oxygen atoms in total. The van der Waals surface area contributed by atoms with Crippen LogP contribution in [0.1, 0.15) is 31.5 Å². The van der Waals surface area contributed by atoms with Gasteiger partial charge in [0.1, 0.15) is 0 Å². The van der Waals surface area contributed by atoms with Crippen LogP contribution in [0, 0.1) is 11.8 Å². The lowest BCUT2D eigenvalue weighted by Gasteiger charge is -2.33. The van der Waals surface area contributed by atoms with Gasteiger partial charge < -0.3 is 9.84 Å². The topological polar surface area (TPSA) is 54.2 Å². The molecule has 0 bridgehead atoms. The van der Waals surface area contributed by atoms with Gasteiger partial charge in [0, 0.05) is 13.0 Å². The molecule has 2 atom stereocenters. The third-order valence-corrected chi connectivity index (χ3v) is 4.13. The van der Waals surface area contributed by atoms with E-state index in [1.807, 2.05) is 0 Å². The number of aromatic nitrogens is 2. The van der Waals surface area contributed by atoms with Crippen LogP contribution in [0.4, 0.5) is 0 Å². The highest BCUT2D eigenvalue weighted by Gasteiger charge is 2.33. The van der Waals surface area contributed by atoms with Crippen LogP contribution in [0.25, 0.3) is 0 Å². The molecule has 2 saturated heterocycles. The minimum atomic E-state index is 0.780. The third-order valence-electron chi connectivity index (χ3n) is 4.13. The first kappa shape index (κ1) is 12.1. The molecule has 0 spiro atoms. The first-order valence-electron chi connectivity index (χ1n) is 7.09. The predicted molar refractivity (Wildman–Crippen MR) is 68.0 cm³/mol. The molecular weight excluding hydrogens is 228 g/mol. The normalized spacial score (nSPS) is 28.5. The Kier molecular flexibility index (Phi) is 3.61. The van der Waals surface area contributed by atoms with Crippen LogP contribution < -0.4 is 5.32 Å². The molecular formula is C13H22N4O. The fourth-order valence-corrected chi connectivity index (χ4v) is 3.12. The van der Waals surface area contributed by atoms with Crippen LogP contribution in [-0.2, 0) is 13.0 Å². The molecule has 2 aliphatic rings. The Morgan fingerprint density at radius 2 is 2.28 bits per heavy atom. The maximum atomic E-state index is 5.31. The Hall–Kier alpha value is -0.940. The average molecular weight is 250 g/mol. The quantitative estimate of drug-likeness (QED) is 0.866. The van der Waals surface area contributed by atoms with E-state index in [-0.39, 0.29) is 0 Å². The van der Waals surface area contributed by atoms with Crippen molar-refractivity contribution in [2.24, 2.45) is 11.8 Å². The van der Waals surface area contributed by atoms with E-state index in [0.717, 1.165) is 49.5 Å². The fraction of sp³-hybridized carbons (Fsp3) is 0.846. The van der Waals surface area contributed by atoms with Gasteiger partial charge in [-0.15, -0.1) is 0 Å². The van der Waals surface area contributed by atoms with Crippen LogP contribution >= 0.6 is 0 Å². The lowest BCUT2D eigenvalue weighted by Crippen LogP contribution is -2.39. The van der Waals surface area contributed by atoms with E-state index in [2.05, 4.69) is 27.3 Å². The van der Waals surface area contributed by atoms with E-state index in [1.54, 1.807) is 0 Å². The Balaban J connectivity index is 1.55. The summed E-state index contributed by atoms with van der Waals surface area (Å²) in [6.45, 7) is 7.66. The summed E-state index contributed by atoms with van der Waals surface area (Å²) in [5.74, 6) is 3.34. The monoisotopic (exact) mass is 250 g/mol. The van der Waals surface area contributed by atoms with Crippen molar-refractivity contribution in [3.63, 3.8) is 0 Å². The Morgan fingerprint density at radius 3 is 3.17 bits per heavy atom. The highest BCUT2D eigenvalue weighted by molar-refractivity contribution is 4.91. The number of piperidine rings is 1. The van der Waals surface area contributed by atoms with Crippen molar-refractivity contribution in [2.75, 3.05) is 26.2 Å². The molecule has 0 amide bonds. The second kappa shape index (κ2) is 5.36. The molecule has 5 heteroatoms. The average Bonchev–Trinajstić information content (AvgIpc) is 2.98. The first-order valence-corrected chi connectivity index (χ1v) is 7.09. The van der Waals surface area contributed by atoms with Gasteiger partial charge in [0.05, 0.1) is 6.54 Å². The molecule has 2 fully saturated rings. The van der Waals surface area contributed by atoms with Crippen LogP contribution in [-0.4, -0.2) is 41.2 Å². The molecule has 1 aromatic heterocycles. The van der Waals surface area contributed by atoms with E-state index in [4.69, 9.17) is 4.52 Å². The van der Waals surface area contributed by atoms with E-state index >= 15 is 0 Å². The van der Waals surface area contributed by atoms with Gasteiger partial charge >= 0.3 is 0 Å². The van der Waals surface area contributed by atoms with Crippen molar-refractivity contribution in [3.8, 4) is 0 Å². The number of rotatable bonds is 4. The lowest BCUT2D eigenvalue weighted by molar-refractivity contribution is 0.128. The van der Waals surface area contributed by atoms with Gasteiger partial charge in [0.15, 0.2) is 5.82 Å². The van der Waals surface area contributed by atoms with E-state index in [9.17, 15) is 0 Å². The van der Waals surface area contributed by atoms with Gasteiger partial charge in [-0.25, -0.2) is 0 Å². The number of nitrogens with one attached hydrogen (secondary N) is 1. The maximum Gasteiger partial charge on any atom is 0.240 e. The van der Waals surface area contributed by atoms with Crippen LogP contribution in [0.3, 0.4) is 0 Å². The van der Waals surface area contributed by atoms with E-state index in [0.29, 0.717) is 0 Å². The van der Waals surface area contributed by atoms with Gasteiger partial charge in [-0.1, -0.05) is 12.1 Å². The summed E-state index contributed by atoms with van der Waals surface area (Å²) in [4.78, 5) is 6.90. The molecule has 1 N–H and O–H groups in total. The first-order chi connectivity index (χ1) is 8.85. The Labute approximate surface area is 108 Å². The lowest BCUT2D eigenvalue weighted by atomic mass is 9.89. The summed E-state index contributed by atoms with van der Waals surface area (Å²) in [5.41, 5.74) is 0. The molecule has 3 rings (SSSR count). The van der Waals surface area contributed by atoms with Gasteiger partial charge in [-0.3, -0.25) is 4.90 Å². The second-order valence-electron chi connectivity index (χ2n) is 5.56.